The molecule has 0 saturated heterocycles. The minimum atomic E-state index is -3.63. The van der Waals surface area contributed by atoms with Gasteiger partial charge in [0.1, 0.15) is 6.29 Å². The minimum Gasteiger partial charge on any atom is -0.493 e. The van der Waals surface area contributed by atoms with E-state index in [4.69, 9.17) is 9.47 Å². The first-order valence-electron chi connectivity index (χ1n) is 7.54. The van der Waals surface area contributed by atoms with Gasteiger partial charge in [-0.3, -0.25) is 4.79 Å². The number of hydrogen-bond donors (Lipinski definition) is 0. The molecule has 0 bridgehead atoms. The van der Waals surface area contributed by atoms with E-state index in [0.717, 1.165) is 12.5 Å². The van der Waals surface area contributed by atoms with Crippen molar-refractivity contribution in [1.29, 1.82) is 0 Å². The third-order valence-corrected chi connectivity index (χ3v) is 3.84. The minimum absolute atomic E-state index is 0.00426. The highest BCUT2D eigenvalue weighted by molar-refractivity contribution is 7.86. The van der Waals surface area contributed by atoms with Crippen LogP contribution in [-0.2, 0) is 20.2 Å². The quantitative estimate of drug-likeness (QED) is 0.476. The third-order valence-electron chi connectivity index (χ3n) is 2.88. The molecule has 154 valence electrons. The Kier molecular flexibility index (Phi) is 8.26. The van der Waals surface area contributed by atoms with Gasteiger partial charge in [-0.2, -0.15) is 16.8 Å². The molecule has 11 heteroatoms. The highest BCUT2D eigenvalue weighted by atomic mass is 32.2. The van der Waals surface area contributed by atoms with Gasteiger partial charge >= 0.3 is 20.2 Å². The second-order valence-corrected chi connectivity index (χ2v) is 8.40. The summed E-state index contributed by atoms with van der Waals surface area (Å²) in [5.41, 5.74) is 0.314. The standard InChI is InChI=1S/C9H10O5S.C8H10O4S/c1-13-8-4-3-7(6-10)5-9(8)14-15(2,11)12;1-11-7-5-3-4-6-8(7)12-13(2,9)10/h3-6H,1-2H3;3-6H,1-2H3. The van der Waals surface area contributed by atoms with Crippen LogP contribution < -0.4 is 17.8 Å². The lowest BCUT2D eigenvalue weighted by atomic mass is 10.2. The van der Waals surface area contributed by atoms with E-state index in [1.54, 1.807) is 18.2 Å². The lowest BCUT2D eigenvalue weighted by molar-refractivity contribution is 0.112. The second kappa shape index (κ2) is 9.95. The monoisotopic (exact) mass is 432 g/mol. The van der Waals surface area contributed by atoms with Gasteiger partial charge in [-0.1, -0.05) is 12.1 Å². The molecule has 2 rings (SSSR count). The van der Waals surface area contributed by atoms with Crippen LogP contribution in [-0.4, -0.2) is 49.9 Å². The van der Waals surface area contributed by atoms with E-state index < -0.39 is 20.2 Å². The molecule has 0 radical (unpaired) electrons. The fraction of sp³-hybridized carbons (Fsp3) is 0.235. The van der Waals surface area contributed by atoms with E-state index in [9.17, 15) is 21.6 Å². The predicted octanol–water partition coefficient (Wildman–Crippen LogP) is 1.88. The Morgan fingerprint density at radius 2 is 1.18 bits per heavy atom. The molecule has 2 aromatic carbocycles. The van der Waals surface area contributed by atoms with Gasteiger partial charge in [-0.25, -0.2) is 0 Å². The Labute approximate surface area is 164 Å². The molecule has 9 nitrogen and oxygen atoms in total. The highest BCUT2D eigenvalue weighted by Crippen LogP contribution is 2.28. The number of carbonyl (C=O) groups excluding carboxylic acids is 1. The summed E-state index contributed by atoms with van der Waals surface area (Å²) in [5.74, 6) is 0.857. The summed E-state index contributed by atoms with van der Waals surface area (Å²) in [7, 11) is -4.29. The van der Waals surface area contributed by atoms with Crippen molar-refractivity contribution in [3.63, 3.8) is 0 Å². The van der Waals surface area contributed by atoms with Gasteiger partial charge in [0.15, 0.2) is 23.0 Å². The van der Waals surface area contributed by atoms with E-state index >= 15 is 0 Å². The first-order valence-corrected chi connectivity index (χ1v) is 11.2. The molecule has 0 saturated carbocycles. The number of para-hydroxylation sites is 2. The normalized spacial score (nSPS) is 10.9. The lowest BCUT2D eigenvalue weighted by Gasteiger charge is -2.08. The van der Waals surface area contributed by atoms with Crippen molar-refractivity contribution in [2.45, 2.75) is 0 Å². The van der Waals surface area contributed by atoms with Gasteiger partial charge in [-0.15, -0.1) is 0 Å². The largest absolute Gasteiger partial charge is 0.493 e. The summed E-state index contributed by atoms with van der Waals surface area (Å²) in [6, 6.07) is 10.8. The van der Waals surface area contributed by atoms with Crippen molar-refractivity contribution in [2.75, 3.05) is 26.7 Å². The Morgan fingerprint density at radius 1 is 0.714 bits per heavy atom. The molecule has 0 atom stereocenters. The Bertz CT molecular complexity index is 1010. The molecular formula is C17H20O9S2. The van der Waals surface area contributed by atoms with Gasteiger partial charge < -0.3 is 17.8 Å². The van der Waals surface area contributed by atoms with E-state index in [1.807, 2.05) is 0 Å². The number of carbonyl (C=O) groups is 1. The number of benzene rings is 2. The zero-order valence-electron chi connectivity index (χ0n) is 15.6. The van der Waals surface area contributed by atoms with E-state index in [0.29, 0.717) is 17.6 Å². The molecule has 0 N–H and O–H groups in total. The SMILES string of the molecule is COc1ccc(C=O)cc1OS(C)(=O)=O.COc1ccccc1OS(C)(=O)=O. The summed E-state index contributed by atoms with van der Waals surface area (Å²) >= 11 is 0. The van der Waals surface area contributed by atoms with Crippen molar-refractivity contribution in [3.8, 4) is 23.0 Å². The fourth-order valence-corrected chi connectivity index (χ4v) is 2.77. The Morgan fingerprint density at radius 3 is 1.64 bits per heavy atom. The second-order valence-electron chi connectivity index (χ2n) is 5.25. The van der Waals surface area contributed by atoms with E-state index in [2.05, 4.69) is 8.37 Å². The van der Waals surface area contributed by atoms with Crippen molar-refractivity contribution in [1.82, 2.24) is 0 Å². The molecule has 0 heterocycles. The smallest absolute Gasteiger partial charge is 0.306 e. The van der Waals surface area contributed by atoms with Crippen molar-refractivity contribution in [2.24, 2.45) is 0 Å². The van der Waals surface area contributed by atoms with Crippen LogP contribution in [0.25, 0.3) is 0 Å². The Hall–Kier alpha value is -2.79. The first-order chi connectivity index (χ1) is 13.0. The highest BCUT2D eigenvalue weighted by Gasteiger charge is 2.11. The lowest BCUT2D eigenvalue weighted by Crippen LogP contribution is -2.07. The average molecular weight is 432 g/mol. The molecule has 0 unspecified atom stereocenters. The summed E-state index contributed by atoms with van der Waals surface area (Å²) in [5, 5.41) is 0. The van der Waals surface area contributed by atoms with Crippen LogP contribution >= 0.6 is 0 Å². The zero-order valence-corrected chi connectivity index (χ0v) is 17.2. The fourth-order valence-electron chi connectivity index (χ4n) is 1.85. The molecule has 0 aliphatic heterocycles. The topological polar surface area (TPSA) is 122 Å². The summed E-state index contributed by atoms with van der Waals surface area (Å²) in [6.45, 7) is 0. The van der Waals surface area contributed by atoms with Gasteiger partial charge in [0.25, 0.3) is 0 Å². The van der Waals surface area contributed by atoms with E-state index in [-0.39, 0.29) is 17.2 Å². The first kappa shape index (κ1) is 23.2. The summed E-state index contributed by atoms with van der Waals surface area (Å²) in [6.07, 6.45) is 2.49. The Balaban J connectivity index is 0.000000283. The van der Waals surface area contributed by atoms with Gasteiger partial charge in [0.05, 0.1) is 26.7 Å². The number of methoxy groups -OCH3 is 2. The number of ether oxygens (including phenoxy) is 2. The molecule has 0 amide bonds. The van der Waals surface area contributed by atoms with Gasteiger partial charge in [0, 0.05) is 5.56 Å². The molecule has 0 aromatic heterocycles. The maximum absolute atomic E-state index is 10.9. The molecule has 2 aromatic rings. The van der Waals surface area contributed by atoms with Crippen molar-refractivity contribution < 1.29 is 39.5 Å². The van der Waals surface area contributed by atoms with Crippen LogP contribution in [0, 0.1) is 0 Å². The van der Waals surface area contributed by atoms with Crippen LogP contribution in [0.15, 0.2) is 42.5 Å². The van der Waals surface area contributed by atoms with Crippen LogP contribution in [0.4, 0.5) is 0 Å². The molecule has 0 aliphatic carbocycles. The van der Waals surface area contributed by atoms with Gasteiger partial charge in [0.2, 0.25) is 0 Å². The summed E-state index contributed by atoms with van der Waals surface area (Å²) < 4.78 is 62.5. The molecule has 0 aliphatic rings. The zero-order chi connectivity index (χ0) is 21.4. The predicted molar refractivity (Wildman–Crippen MR) is 102 cm³/mol. The van der Waals surface area contributed by atoms with Crippen LogP contribution in [0.3, 0.4) is 0 Å². The van der Waals surface area contributed by atoms with Crippen LogP contribution in [0.2, 0.25) is 0 Å². The average Bonchev–Trinajstić information content (AvgIpc) is 2.60. The number of hydrogen-bond acceptors (Lipinski definition) is 9. The van der Waals surface area contributed by atoms with Crippen molar-refractivity contribution in [3.05, 3.63) is 48.0 Å². The van der Waals surface area contributed by atoms with E-state index in [1.165, 1.54) is 38.5 Å². The third kappa shape index (κ3) is 8.27. The van der Waals surface area contributed by atoms with Gasteiger partial charge in [-0.05, 0) is 30.3 Å². The number of rotatable bonds is 7. The molecular weight excluding hydrogens is 412 g/mol. The molecule has 28 heavy (non-hydrogen) atoms. The number of aldehydes is 1. The molecule has 0 fully saturated rings. The summed E-state index contributed by atoms with van der Waals surface area (Å²) in [4.78, 5) is 10.5. The van der Waals surface area contributed by atoms with Crippen LogP contribution in [0.1, 0.15) is 10.4 Å². The van der Waals surface area contributed by atoms with Crippen LogP contribution in [0.5, 0.6) is 23.0 Å². The molecule has 0 spiro atoms. The van der Waals surface area contributed by atoms with Crippen molar-refractivity contribution >= 4 is 26.5 Å². The maximum Gasteiger partial charge on any atom is 0.306 e. The maximum atomic E-state index is 10.9.